The third-order valence-corrected chi connectivity index (χ3v) is 2.71. The second-order valence-electron chi connectivity index (χ2n) is 4.90. The lowest BCUT2D eigenvalue weighted by Gasteiger charge is -2.21. The average Bonchev–Trinajstić information content (AvgIpc) is 2.23. The van der Waals surface area contributed by atoms with Gasteiger partial charge in [-0.1, -0.05) is 27.7 Å². The van der Waals surface area contributed by atoms with Crippen molar-refractivity contribution in [1.82, 2.24) is 0 Å². The number of esters is 1. The molecule has 0 amide bonds. The maximum atomic E-state index is 11.8. The lowest BCUT2D eigenvalue weighted by atomic mass is 9.86. The molecule has 4 heteroatoms. The van der Waals surface area contributed by atoms with E-state index in [-0.39, 0.29) is 42.9 Å². The molecule has 0 bridgehead atoms. The largest absolute Gasteiger partial charge is 0.435 e. The van der Waals surface area contributed by atoms with Gasteiger partial charge in [-0.05, 0) is 17.9 Å². The summed E-state index contributed by atoms with van der Waals surface area (Å²) in [6.45, 7) is 7.62. The fraction of sp³-hybridized carbons (Fsp3) is 0.769. The van der Waals surface area contributed by atoms with Crippen LogP contribution in [0.2, 0.25) is 0 Å². The van der Waals surface area contributed by atoms with E-state index in [4.69, 9.17) is 14.9 Å². The highest BCUT2D eigenvalue weighted by Gasteiger charge is 2.26. The maximum Gasteiger partial charge on any atom is 0.314 e. The van der Waals surface area contributed by atoms with Gasteiger partial charge in [-0.15, -0.1) is 0 Å². The van der Waals surface area contributed by atoms with Crippen molar-refractivity contribution in [3.05, 3.63) is 12.3 Å². The standard InChI is InChI=1S/C13H24O4/c1-9(2)12(10(3)4)13(16)17-6-5-11(7-14)8-15/h5-6,9-12,14-15H,7-8H2,1-4H3. The normalized spacial score (nSPS) is 12.4. The van der Waals surface area contributed by atoms with E-state index in [0.717, 1.165) is 0 Å². The summed E-state index contributed by atoms with van der Waals surface area (Å²) in [6, 6.07) is 0. The molecule has 0 aliphatic rings. The molecule has 4 nitrogen and oxygen atoms in total. The molecule has 0 radical (unpaired) electrons. The number of hydrogen-bond acceptors (Lipinski definition) is 4. The molecule has 0 saturated carbocycles. The predicted octanol–water partition coefficient (Wildman–Crippen LogP) is 1.57. The predicted molar refractivity (Wildman–Crippen MR) is 66.1 cm³/mol. The van der Waals surface area contributed by atoms with Gasteiger partial charge in [0.15, 0.2) is 0 Å². The van der Waals surface area contributed by atoms with Crippen molar-refractivity contribution >= 4 is 5.97 Å². The molecule has 0 rings (SSSR count). The molecule has 0 aliphatic heterocycles. The van der Waals surface area contributed by atoms with Crippen LogP contribution >= 0.6 is 0 Å². The zero-order valence-electron chi connectivity index (χ0n) is 11.1. The van der Waals surface area contributed by atoms with Crippen molar-refractivity contribution in [2.24, 2.45) is 23.7 Å². The van der Waals surface area contributed by atoms with Crippen LogP contribution < -0.4 is 0 Å². The molecule has 100 valence electrons. The summed E-state index contributed by atoms with van der Waals surface area (Å²) in [5, 5.41) is 17.7. The van der Waals surface area contributed by atoms with Crippen LogP contribution in [0.4, 0.5) is 0 Å². The van der Waals surface area contributed by atoms with Gasteiger partial charge in [-0.3, -0.25) is 4.79 Å². The molecular weight excluding hydrogens is 220 g/mol. The van der Waals surface area contributed by atoms with Crippen molar-refractivity contribution in [1.29, 1.82) is 0 Å². The van der Waals surface area contributed by atoms with Gasteiger partial charge in [0.2, 0.25) is 0 Å². The van der Waals surface area contributed by atoms with Crippen LogP contribution in [0.5, 0.6) is 0 Å². The molecule has 0 fully saturated rings. The quantitative estimate of drug-likeness (QED) is 0.527. The van der Waals surface area contributed by atoms with Gasteiger partial charge in [0, 0.05) is 5.92 Å². The molecule has 0 heterocycles. The molecule has 0 saturated heterocycles. The van der Waals surface area contributed by atoms with Crippen molar-refractivity contribution in [3.8, 4) is 0 Å². The van der Waals surface area contributed by atoms with Crippen LogP contribution in [0, 0.1) is 23.7 Å². The average molecular weight is 244 g/mol. The van der Waals surface area contributed by atoms with Crippen LogP contribution in [0.15, 0.2) is 12.3 Å². The smallest absolute Gasteiger partial charge is 0.314 e. The minimum atomic E-state index is -0.376. The molecule has 0 aromatic heterocycles. The highest BCUT2D eigenvalue weighted by atomic mass is 16.5. The summed E-state index contributed by atoms with van der Waals surface area (Å²) in [5.41, 5.74) is 0. The van der Waals surface area contributed by atoms with Crippen LogP contribution in [0.25, 0.3) is 0 Å². The second kappa shape index (κ2) is 8.25. The topological polar surface area (TPSA) is 66.8 Å². The van der Waals surface area contributed by atoms with E-state index in [1.165, 1.54) is 12.3 Å². The van der Waals surface area contributed by atoms with Gasteiger partial charge in [-0.25, -0.2) is 0 Å². The first kappa shape index (κ1) is 16.1. The van der Waals surface area contributed by atoms with Crippen molar-refractivity contribution in [2.75, 3.05) is 13.2 Å². The van der Waals surface area contributed by atoms with E-state index in [1.54, 1.807) is 0 Å². The van der Waals surface area contributed by atoms with E-state index in [9.17, 15) is 4.79 Å². The Kier molecular flexibility index (Phi) is 7.83. The Morgan fingerprint density at radius 3 is 1.94 bits per heavy atom. The third-order valence-electron chi connectivity index (χ3n) is 2.71. The first-order chi connectivity index (χ1) is 7.93. The SMILES string of the molecule is CC(C)C(C(=O)OC=CC(CO)CO)C(C)C. The molecule has 2 N–H and O–H groups in total. The number of rotatable bonds is 7. The molecule has 0 unspecified atom stereocenters. The molecule has 0 aromatic carbocycles. The van der Waals surface area contributed by atoms with Crippen LogP contribution in [-0.2, 0) is 9.53 Å². The Morgan fingerprint density at radius 1 is 1.12 bits per heavy atom. The monoisotopic (exact) mass is 244 g/mol. The summed E-state index contributed by atoms with van der Waals surface area (Å²) in [4.78, 5) is 11.8. The summed E-state index contributed by atoms with van der Waals surface area (Å²) >= 11 is 0. The number of carbonyl (C=O) groups is 1. The van der Waals surface area contributed by atoms with Crippen molar-refractivity contribution < 1.29 is 19.7 Å². The number of hydrogen-bond donors (Lipinski definition) is 2. The fourth-order valence-corrected chi connectivity index (χ4v) is 1.79. The van der Waals surface area contributed by atoms with Gasteiger partial charge in [-0.2, -0.15) is 0 Å². The summed E-state index contributed by atoms with van der Waals surface area (Å²) in [7, 11) is 0. The van der Waals surface area contributed by atoms with Crippen LogP contribution in [-0.4, -0.2) is 29.4 Å². The zero-order chi connectivity index (χ0) is 13.4. The second-order valence-corrected chi connectivity index (χ2v) is 4.90. The number of aliphatic hydroxyl groups excluding tert-OH is 2. The van der Waals surface area contributed by atoms with Gasteiger partial charge in [0.1, 0.15) is 0 Å². The summed E-state index contributed by atoms with van der Waals surface area (Å²) < 4.78 is 5.02. The van der Waals surface area contributed by atoms with E-state index < -0.39 is 0 Å². The minimum Gasteiger partial charge on any atom is -0.435 e. The Hall–Kier alpha value is -0.870. The highest BCUT2D eigenvalue weighted by Crippen LogP contribution is 2.22. The first-order valence-corrected chi connectivity index (χ1v) is 6.02. The minimum absolute atomic E-state index is 0.138. The molecular formula is C13H24O4. The summed E-state index contributed by atoms with van der Waals surface area (Å²) in [5.74, 6) is -0.327. The molecule has 0 aromatic rings. The third kappa shape index (κ3) is 5.84. The summed E-state index contributed by atoms with van der Waals surface area (Å²) in [6.07, 6.45) is 2.76. The van der Waals surface area contributed by atoms with Crippen LogP contribution in [0.1, 0.15) is 27.7 Å². The van der Waals surface area contributed by atoms with Crippen molar-refractivity contribution in [2.45, 2.75) is 27.7 Å². The Morgan fingerprint density at radius 2 is 1.59 bits per heavy atom. The lowest BCUT2D eigenvalue weighted by molar-refractivity contribution is -0.146. The van der Waals surface area contributed by atoms with E-state index >= 15 is 0 Å². The Balaban J connectivity index is 4.33. The number of ether oxygens (including phenoxy) is 1. The van der Waals surface area contributed by atoms with Crippen LogP contribution in [0.3, 0.4) is 0 Å². The van der Waals surface area contributed by atoms with E-state index in [1.807, 2.05) is 27.7 Å². The fourth-order valence-electron chi connectivity index (χ4n) is 1.79. The van der Waals surface area contributed by atoms with E-state index in [0.29, 0.717) is 0 Å². The van der Waals surface area contributed by atoms with E-state index in [2.05, 4.69) is 0 Å². The van der Waals surface area contributed by atoms with Gasteiger partial charge in [0.05, 0.1) is 25.4 Å². The van der Waals surface area contributed by atoms with Gasteiger partial charge in [0.25, 0.3) is 0 Å². The molecule has 0 spiro atoms. The van der Waals surface area contributed by atoms with Crippen molar-refractivity contribution in [3.63, 3.8) is 0 Å². The molecule has 0 aliphatic carbocycles. The molecule has 17 heavy (non-hydrogen) atoms. The van der Waals surface area contributed by atoms with Gasteiger partial charge < -0.3 is 14.9 Å². The number of aliphatic hydroxyl groups is 2. The maximum absolute atomic E-state index is 11.8. The zero-order valence-corrected chi connectivity index (χ0v) is 11.1. The Bertz CT molecular complexity index is 234. The van der Waals surface area contributed by atoms with Gasteiger partial charge >= 0.3 is 5.97 Å². The first-order valence-electron chi connectivity index (χ1n) is 6.02. The number of carbonyl (C=O) groups excluding carboxylic acids is 1. The lowest BCUT2D eigenvalue weighted by Crippen LogP contribution is -2.26. The Labute approximate surface area is 103 Å². The highest BCUT2D eigenvalue weighted by molar-refractivity contribution is 5.73. The molecule has 0 atom stereocenters.